The molecule has 7 heteroatoms. The molecule has 0 aliphatic heterocycles. The number of rotatable bonds is 5. The Bertz CT molecular complexity index is 477. The van der Waals surface area contributed by atoms with E-state index in [1.807, 2.05) is 17.5 Å². The molecule has 93 valence electrons. The van der Waals surface area contributed by atoms with Gasteiger partial charge in [-0.25, -0.2) is 6.07 Å². The third kappa shape index (κ3) is 4.30. The molecule has 0 aromatic carbocycles. The normalized spacial score (nSPS) is 9.61. The summed E-state index contributed by atoms with van der Waals surface area (Å²) < 4.78 is 1.87. The zero-order valence-electron chi connectivity index (χ0n) is 9.78. The fourth-order valence-corrected chi connectivity index (χ4v) is 1.48. The van der Waals surface area contributed by atoms with E-state index in [2.05, 4.69) is 16.0 Å². The Morgan fingerprint density at radius 2 is 2.17 bits per heavy atom. The van der Waals surface area contributed by atoms with Crippen LogP contribution in [0.15, 0.2) is 12.5 Å². The summed E-state index contributed by atoms with van der Waals surface area (Å²) in [4.78, 5) is 8.05. The molecule has 0 saturated heterocycles. The van der Waals surface area contributed by atoms with E-state index in [0.29, 0.717) is 5.82 Å². The predicted octanol–water partition coefficient (Wildman–Crippen LogP) is 0.795. The Morgan fingerprint density at radius 1 is 1.39 bits per heavy atom. The van der Waals surface area contributed by atoms with E-state index in [0.717, 1.165) is 23.9 Å². The van der Waals surface area contributed by atoms with Gasteiger partial charge >= 0.3 is 21.1 Å². The van der Waals surface area contributed by atoms with Crippen LogP contribution in [-0.2, 0) is 53.8 Å². The van der Waals surface area contributed by atoms with Crippen molar-refractivity contribution >= 4 is 16.9 Å². The van der Waals surface area contributed by atoms with Gasteiger partial charge in [-0.15, -0.1) is 11.9 Å². The van der Waals surface area contributed by atoms with Gasteiger partial charge in [-0.05, 0) is 0 Å². The molecule has 0 amide bonds. The van der Waals surface area contributed by atoms with Gasteiger partial charge in [0, 0.05) is 44.2 Å². The van der Waals surface area contributed by atoms with Gasteiger partial charge in [0.15, 0.2) is 0 Å². The molecule has 0 aliphatic carbocycles. The molecule has 2 aromatic rings. The first kappa shape index (κ1) is 18.0. The number of nitrogens with two attached hydrogens (primary N) is 1. The minimum absolute atomic E-state index is 0. The second-order valence-corrected chi connectivity index (χ2v) is 3.37. The van der Waals surface area contributed by atoms with Gasteiger partial charge in [0.25, 0.3) is 0 Å². The molecule has 0 bridgehead atoms. The minimum atomic E-state index is 0. The number of anilines is 1. The largest absolute Gasteiger partial charge is 2.00 e. The summed E-state index contributed by atoms with van der Waals surface area (Å²) in [6, 6.07) is 3.02. The molecular weight excluding hydrogens is 477 g/mol. The van der Waals surface area contributed by atoms with E-state index in [9.17, 15) is 0 Å². The van der Waals surface area contributed by atoms with Crippen LogP contribution in [0.3, 0.4) is 0 Å². The summed E-state index contributed by atoms with van der Waals surface area (Å²) in [5.41, 5.74) is 6.46. The van der Waals surface area contributed by atoms with Crippen LogP contribution in [0.4, 0.5) is 5.82 Å². The quantitative estimate of drug-likeness (QED) is 0.481. The second kappa shape index (κ2) is 9.03. The Balaban J connectivity index is 0.00000144. The molecule has 2 heterocycles. The molecule has 0 saturated carbocycles. The molecule has 0 atom stereocenters. The number of nitrogen functional groups attached to an aromatic ring is 1. The molecule has 2 aromatic heterocycles. The van der Waals surface area contributed by atoms with Crippen LogP contribution >= 0.6 is 0 Å². The summed E-state index contributed by atoms with van der Waals surface area (Å²) in [6.45, 7) is 2.10. The fourth-order valence-electron chi connectivity index (χ4n) is 1.48. The monoisotopic (exact) mass is 490 g/mol. The summed E-state index contributed by atoms with van der Waals surface area (Å²) >= 11 is 0. The number of hydrogen-bond donors (Lipinski definition) is 2. The first-order chi connectivity index (χ1) is 7.83. The maximum atomic E-state index is 8.61. The van der Waals surface area contributed by atoms with Crippen LogP contribution < -0.4 is 5.73 Å². The van der Waals surface area contributed by atoms with Crippen molar-refractivity contribution in [1.82, 2.24) is 14.5 Å². The van der Waals surface area contributed by atoms with Crippen molar-refractivity contribution in [3.8, 4) is 0 Å². The van der Waals surface area contributed by atoms with Gasteiger partial charge in [-0.3, -0.25) is 9.97 Å². The topological polar surface area (TPSA) is 77.0 Å². The molecule has 0 unspecified atom stereocenters. The number of aromatic nitrogens is 3. The molecule has 1 radical (unpaired) electrons. The number of aliphatic hydroxyl groups is 1. The zero-order valence-corrected chi connectivity index (χ0v) is 15.6. The van der Waals surface area contributed by atoms with E-state index in [1.165, 1.54) is 6.33 Å². The molecular formula is C11H13N4OWY-. The average molecular weight is 490 g/mol. The van der Waals surface area contributed by atoms with E-state index in [1.54, 1.807) is 6.20 Å². The Hall–Kier alpha value is 0.0422. The van der Waals surface area contributed by atoms with Crippen LogP contribution in [0.2, 0.25) is 0 Å². The standard InChI is InChI=1S/C11H13N4O.W.Y/c12-10-9-4-6-15(5-2-1-3-7-16)11(9)14-8-13-10;;/h3,5-6,8,16H,1-2,7H2,(H2,12,13,14);;/q-3;+2;. The Morgan fingerprint density at radius 3 is 2.89 bits per heavy atom. The maximum absolute atomic E-state index is 8.61. The Labute approximate surface area is 146 Å². The average Bonchev–Trinajstić information content (AvgIpc) is 2.70. The van der Waals surface area contributed by atoms with Gasteiger partial charge in [-0.2, -0.15) is 12.6 Å². The van der Waals surface area contributed by atoms with Gasteiger partial charge in [0.2, 0.25) is 0 Å². The second-order valence-electron chi connectivity index (χ2n) is 3.37. The molecule has 0 fully saturated rings. The van der Waals surface area contributed by atoms with Crippen LogP contribution in [-0.4, -0.2) is 26.2 Å². The summed E-state index contributed by atoms with van der Waals surface area (Å²) in [7, 11) is 0. The molecule has 3 N–H and O–H groups in total. The molecule has 0 spiro atoms. The molecule has 5 nitrogen and oxygen atoms in total. The van der Waals surface area contributed by atoms with Crippen molar-refractivity contribution in [3.05, 3.63) is 31.6 Å². The summed E-state index contributed by atoms with van der Waals surface area (Å²) in [5, 5.41) is 9.35. The summed E-state index contributed by atoms with van der Waals surface area (Å²) in [6.07, 6.45) is 6.71. The van der Waals surface area contributed by atoms with Crippen LogP contribution in [0.1, 0.15) is 12.8 Å². The predicted molar refractivity (Wildman–Crippen MR) is 61.1 cm³/mol. The van der Waals surface area contributed by atoms with Gasteiger partial charge in [-0.1, -0.05) is 13.0 Å². The fraction of sp³-hybridized carbons (Fsp3) is 0.273. The zero-order chi connectivity index (χ0) is 11.4. The van der Waals surface area contributed by atoms with Crippen molar-refractivity contribution in [2.75, 3.05) is 12.3 Å². The van der Waals surface area contributed by atoms with E-state index in [-0.39, 0.29) is 60.4 Å². The molecule has 18 heavy (non-hydrogen) atoms. The number of aliphatic hydroxyl groups excluding tert-OH is 1. The number of fused-ring (bicyclic) bond motifs is 1. The maximum Gasteiger partial charge on any atom is 2.00 e. The summed E-state index contributed by atoms with van der Waals surface area (Å²) in [5.74, 6) is 0.444. The van der Waals surface area contributed by atoms with E-state index in [4.69, 9.17) is 10.8 Å². The van der Waals surface area contributed by atoms with Crippen molar-refractivity contribution in [2.45, 2.75) is 12.8 Å². The smallest absolute Gasteiger partial charge is 0.482 e. The van der Waals surface area contributed by atoms with E-state index >= 15 is 0 Å². The van der Waals surface area contributed by atoms with Gasteiger partial charge in [0.05, 0.1) is 6.33 Å². The SMILES string of the molecule is Nc1ncnc2c1[c-]cn2[CH-]CC[CH-]CO.[W+2].[Y]. The molecule has 2 rings (SSSR count). The van der Waals surface area contributed by atoms with Crippen molar-refractivity contribution in [1.29, 1.82) is 0 Å². The number of hydrogen-bond acceptors (Lipinski definition) is 4. The first-order valence-electron chi connectivity index (χ1n) is 5.07. The van der Waals surface area contributed by atoms with Gasteiger partial charge in [0.1, 0.15) is 0 Å². The first-order valence-corrected chi connectivity index (χ1v) is 5.07. The third-order valence-corrected chi connectivity index (χ3v) is 2.27. The number of nitrogens with zero attached hydrogens (tertiary/aromatic N) is 3. The molecule has 0 aliphatic rings. The third-order valence-electron chi connectivity index (χ3n) is 2.27. The van der Waals surface area contributed by atoms with Gasteiger partial charge < -0.3 is 21.8 Å². The van der Waals surface area contributed by atoms with E-state index < -0.39 is 0 Å². The van der Waals surface area contributed by atoms with Crippen LogP contribution in [0.5, 0.6) is 0 Å². The van der Waals surface area contributed by atoms with Crippen molar-refractivity contribution < 1.29 is 58.9 Å². The van der Waals surface area contributed by atoms with Crippen LogP contribution in [0.25, 0.3) is 11.0 Å². The van der Waals surface area contributed by atoms with Crippen LogP contribution in [0, 0.1) is 19.0 Å². The van der Waals surface area contributed by atoms with Crippen molar-refractivity contribution in [2.24, 2.45) is 0 Å². The number of unbranched alkanes of at least 4 members (excludes halogenated alkanes) is 2. The Kier molecular flexibility index (Phi) is 9.05. The minimum Gasteiger partial charge on any atom is -0.482 e. The van der Waals surface area contributed by atoms with Crippen molar-refractivity contribution in [3.63, 3.8) is 0 Å².